The Kier molecular flexibility index (Phi) is 4.79. The van der Waals surface area contributed by atoms with Crippen LogP contribution in [0, 0.1) is 11.3 Å². The summed E-state index contributed by atoms with van der Waals surface area (Å²) in [7, 11) is -3.81. The number of hydrogen-bond donors (Lipinski definition) is 1. The van der Waals surface area contributed by atoms with Crippen LogP contribution in [-0.4, -0.2) is 24.6 Å². The molecule has 0 aliphatic carbocycles. The molecule has 25 heavy (non-hydrogen) atoms. The largest absolute Gasteiger partial charge is 0.276 e. The summed E-state index contributed by atoms with van der Waals surface area (Å²) in [5.74, 6) is 0. The lowest BCUT2D eigenvalue weighted by Gasteiger charge is -2.11. The second-order valence-corrected chi connectivity index (χ2v) is 7.62. The van der Waals surface area contributed by atoms with Gasteiger partial charge in [-0.05, 0) is 30.5 Å². The summed E-state index contributed by atoms with van der Waals surface area (Å²) >= 11 is 1.61. The maximum atomic E-state index is 12.5. The highest BCUT2D eigenvalue weighted by Crippen LogP contribution is 2.24. The first-order valence-electron chi connectivity index (χ1n) is 7.26. The van der Waals surface area contributed by atoms with Crippen molar-refractivity contribution in [3.05, 3.63) is 66.4 Å². The summed E-state index contributed by atoms with van der Waals surface area (Å²) in [5.41, 5.74) is 1.37. The first kappa shape index (κ1) is 17.1. The first-order valence-corrected chi connectivity index (χ1v) is 9.97. The molecule has 0 atom stereocenters. The van der Waals surface area contributed by atoms with Crippen LogP contribution in [0.1, 0.15) is 5.69 Å². The Morgan fingerprint density at radius 2 is 1.80 bits per heavy atom. The van der Waals surface area contributed by atoms with Gasteiger partial charge in [0.25, 0.3) is 10.0 Å². The van der Waals surface area contributed by atoms with Crippen molar-refractivity contribution in [2.24, 2.45) is 0 Å². The number of aromatic nitrogens is 2. The van der Waals surface area contributed by atoms with Gasteiger partial charge in [-0.25, -0.2) is 0 Å². The number of nitriles is 1. The predicted molar refractivity (Wildman–Crippen MR) is 97.1 cm³/mol. The van der Waals surface area contributed by atoms with Crippen molar-refractivity contribution >= 4 is 21.8 Å². The van der Waals surface area contributed by atoms with E-state index < -0.39 is 10.0 Å². The second kappa shape index (κ2) is 7.01. The molecule has 0 unspecified atom stereocenters. The van der Waals surface area contributed by atoms with Gasteiger partial charge in [-0.15, -0.1) is 16.9 Å². The monoisotopic (exact) mass is 370 g/mol. The summed E-state index contributed by atoms with van der Waals surface area (Å²) < 4.78 is 25.0. The first-order chi connectivity index (χ1) is 12.0. The number of nitrogens with zero attached hydrogens (tertiary/aromatic N) is 3. The smallest absolute Gasteiger partial charge is 0.200 e. The van der Waals surface area contributed by atoms with E-state index in [4.69, 9.17) is 5.26 Å². The summed E-state index contributed by atoms with van der Waals surface area (Å²) in [6.45, 7) is 0. The molecule has 2 aromatic carbocycles. The highest BCUT2D eigenvalue weighted by molar-refractivity contribution is 7.98. The van der Waals surface area contributed by atoms with E-state index in [1.807, 2.05) is 36.6 Å². The quantitative estimate of drug-likeness (QED) is 0.697. The minimum Gasteiger partial charge on any atom is -0.200 e. The Balaban J connectivity index is 2.02. The fourth-order valence-corrected chi connectivity index (χ4v) is 3.63. The Labute approximate surface area is 150 Å². The van der Waals surface area contributed by atoms with E-state index in [2.05, 4.69) is 9.93 Å². The fourth-order valence-electron chi connectivity index (χ4n) is 2.24. The standard InChI is InChI=1S/C17H14N4O2S2/c1-24-15-9-7-13(8-10-15)17-11-14(12-18)19-21(17)20-25(22,23)16-5-3-2-4-6-16/h2-11,20H,1H3. The van der Waals surface area contributed by atoms with Crippen LogP contribution >= 0.6 is 11.8 Å². The van der Waals surface area contributed by atoms with E-state index in [1.54, 1.807) is 36.0 Å². The molecule has 3 rings (SSSR count). The van der Waals surface area contributed by atoms with Crippen molar-refractivity contribution in [2.45, 2.75) is 9.79 Å². The topological polar surface area (TPSA) is 87.8 Å². The van der Waals surface area contributed by atoms with Gasteiger partial charge < -0.3 is 0 Å². The van der Waals surface area contributed by atoms with E-state index in [0.29, 0.717) is 5.69 Å². The van der Waals surface area contributed by atoms with Crippen molar-refractivity contribution in [2.75, 3.05) is 11.1 Å². The minimum absolute atomic E-state index is 0.118. The molecule has 8 heteroatoms. The van der Waals surface area contributed by atoms with E-state index in [-0.39, 0.29) is 10.6 Å². The van der Waals surface area contributed by atoms with E-state index in [0.717, 1.165) is 15.2 Å². The number of benzene rings is 2. The maximum Gasteiger partial charge on any atom is 0.276 e. The lowest BCUT2D eigenvalue weighted by atomic mass is 10.1. The second-order valence-electron chi connectivity index (χ2n) is 5.07. The number of sulfonamides is 1. The van der Waals surface area contributed by atoms with Gasteiger partial charge in [-0.3, -0.25) is 0 Å². The van der Waals surface area contributed by atoms with Gasteiger partial charge >= 0.3 is 0 Å². The zero-order valence-corrected chi connectivity index (χ0v) is 14.9. The molecule has 6 nitrogen and oxygen atoms in total. The average Bonchev–Trinajstić information content (AvgIpc) is 3.05. The average molecular weight is 370 g/mol. The molecule has 0 saturated heterocycles. The van der Waals surface area contributed by atoms with Gasteiger partial charge in [0.2, 0.25) is 0 Å². The molecule has 0 amide bonds. The summed E-state index contributed by atoms with van der Waals surface area (Å²) in [6, 6.07) is 19.0. The highest BCUT2D eigenvalue weighted by Gasteiger charge is 2.18. The lowest BCUT2D eigenvalue weighted by molar-refractivity contribution is 0.592. The molecule has 126 valence electrons. The summed E-state index contributed by atoms with van der Waals surface area (Å²) in [6.07, 6.45) is 1.97. The molecule has 0 aliphatic heterocycles. The molecule has 0 spiro atoms. The molecule has 1 aromatic heterocycles. The lowest BCUT2D eigenvalue weighted by Crippen LogP contribution is -2.25. The molecule has 1 N–H and O–H groups in total. The maximum absolute atomic E-state index is 12.5. The number of thioether (sulfide) groups is 1. The zero-order valence-electron chi connectivity index (χ0n) is 13.2. The third-order valence-corrected chi connectivity index (χ3v) is 5.52. The van der Waals surface area contributed by atoms with Gasteiger partial charge in [0.05, 0.1) is 10.6 Å². The molecule has 3 aromatic rings. The van der Waals surface area contributed by atoms with Crippen LogP contribution < -0.4 is 4.83 Å². The molecule has 0 bridgehead atoms. The van der Waals surface area contributed by atoms with Gasteiger partial charge in [0.15, 0.2) is 5.69 Å². The third kappa shape index (κ3) is 3.68. The van der Waals surface area contributed by atoms with Crippen molar-refractivity contribution in [1.29, 1.82) is 5.26 Å². The van der Waals surface area contributed by atoms with Crippen LogP contribution in [0.3, 0.4) is 0 Å². The molecular formula is C17H14N4O2S2. The van der Waals surface area contributed by atoms with Crippen molar-refractivity contribution in [3.8, 4) is 17.3 Å². The Hall–Kier alpha value is -2.76. The SMILES string of the molecule is CSc1ccc(-c2cc(C#N)nn2NS(=O)(=O)c2ccccc2)cc1. The molecule has 1 heterocycles. The summed E-state index contributed by atoms with van der Waals surface area (Å²) in [5, 5.41) is 13.1. The minimum atomic E-state index is -3.81. The van der Waals surface area contributed by atoms with Crippen LogP contribution in [0.25, 0.3) is 11.3 Å². The van der Waals surface area contributed by atoms with Crippen molar-refractivity contribution in [1.82, 2.24) is 9.89 Å². The Morgan fingerprint density at radius 3 is 2.40 bits per heavy atom. The number of hydrogen-bond acceptors (Lipinski definition) is 5. The van der Waals surface area contributed by atoms with Crippen LogP contribution in [0.5, 0.6) is 0 Å². The van der Waals surface area contributed by atoms with Crippen molar-refractivity contribution < 1.29 is 8.42 Å². The highest BCUT2D eigenvalue weighted by atomic mass is 32.2. The molecule has 0 radical (unpaired) electrons. The molecule has 0 aliphatic rings. The zero-order chi connectivity index (χ0) is 17.9. The Morgan fingerprint density at radius 1 is 1.12 bits per heavy atom. The van der Waals surface area contributed by atoms with Gasteiger partial charge in [-0.1, -0.05) is 30.3 Å². The van der Waals surface area contributed by atoms with Gasteiger partial charge in [0.1, 0.15) is 6.07 Å². The third-order valence-electron chi connectivity index (χ3n) is 3.47. The van der Waals surface area contributed by atoms with Gasteiger partial charge in [0, 0.05) is 16.5 Å². The number of rotatable bonds is 5. The van der Waals surface area contributed by atoms with Crippen LogP contribution in [0.2, 0.25) is 0 Å². The van der Waals surface area contributed by atoms with Crippen LogP contribution in [-0.2, 0) is 10.0 Å². The fraction of sp³-hybridized carbons (Fsp3) is 0.0588. The normalized spacial score (nSPS) is 11.0. The number of nitrogens with one attached hydrogen (secondary N) is 1. The Bertz CT molecular complexity index is 1020. The predicted octanol–water partition coefficient (Wildman–Crippen LogP) is 3.08. The van der Waals surface area contributed by atoms with E-state index >= 15 is 0 Å². The molecular weight excluding hydrogens is 356 g/mol. The van der Waals surface area contributed by atoms with Gasteiger partial charge in [-0.2, -0.15) is 23.3 Å². The van der Waals surface area contributed by atoms with E-state index in [1.165, 1.54) is 12.1 Å². The van der Waals surface area contributed by atoms with Crippen LogP contribution in [0.15, 0.2) is 70.5 Å². The van der Waals surface area contributed by atoms with Crippen LogP contribution in [0.4, 0.5) is 0 Å². The molecule has 0 saturated carbocycles. The summed E-state index contributed by atoms with van der Waals surface area (Å²) in [4.78, 5) is 4.73. The van der Waals surface area contributed by atoms with E-state index in [9.17, 15) is 8.42 Å². The van der Waals surface area contributed by atoms with Crippen molar-refractivity contribution in [3.63, 3.8) is 0 Å². The molecule has 0 fully saturated rings.